The van der Waals surface area contributed by atoms with Crippen molar-refractivity contribution < 1.29 is 36.3 Å². The van der Waals surface area contributed by atoms with E-state index >= 15 is 8.78 Å². The number of benzene rings is 3. The minimum absolute atomic E-state index is 0.150. The molecule has 0 radical (unpaired) electrons. The van der Waals surface area contributed by atoms with Gasteiger partial charge in [0.05, 0.1) is 38.9 Å². The first-order valence-corrected chi connectivity index (χ1v) is 22.0. The third-order valence-corrected chi connectivity index (χ3v) is 12.8. The highest BCUT2D eigenvalue weighted by molar-refractivity contribution is 7.92. The van der Waals surface area contributed by atoms with Crippen LogP contribution in [0, 0.1) is 11.6 Å². The number of ether oxygens (including phenoxy) is 2. The van der Waals surface area contributed by atoms with Gasteiger partial charge in [-0.3, -0.25) is 23.9 Å². The van der Waals surface area contributed by atoms with E-state index in [0.717, 1.165) is 42.5 Å². The number of sulfonamides is 1. The number of amides is 1. The third kappa shape index (κ3) is 9.41. The number of pyridine rings is 1. The number of rotatable bonds is 12. The number of esters is 1. The van der Waals surface area contributed by atoms with Crippen molar-refractivity contribution in [1.29, 1.82) is 0 Å². The summed E-state index contributed by atoms with van der Waals surface area (Å²) in [6.45, 7) is 1.30. The Labute approximate surface area is 360 Å². The molecular weight excluding hydrogens is 837 g/mol. The summed E-state index contributed by atoms with van der Waals surface area (Å²) in [5.74, 6) is -3.51. The van der Waals surface area contributed by atoms with Crippen LogP contribution in [0.25, 0.3) is 27.7 Å². The number of carbonyl (C=O) groups excluding carboxylic acids is 2. The fourth-order valence-electron chi connectivity index (χ4n) is 7.88. The van der Waals surface area contributed by atoms with Gasteiger partial charge in [-0.1, -0.05) is 30.7 Å². The number of anilines is 1. The summed E-state index contributed by atoms with van der Waals surface area (Å²) in [4.78, 5) is 66.5. The highest BCUT2D eigenvalue weighted by atomic mass is 32.2. The Morgan fingerprint density at radius 3 is 2.27 bits per heavy atom. The van der Waals surface area contributed by atoms with Crippen molar-refractivity contribution >= 4 is 38.5 Å². The quantitative estimate of drug-likeness (QED) is 0.143. The van der Waals surface area contributed by atoms with Crippen molar-refractivity contribution in [2.24, 2.45) is 7.05 Å². The summed E-state index contributed by atoms with van der Waals surface area (Å²) in [6.07, 6.45) is 11.3. The highest BCUT2D eigenvalue weighted by Crippen LogP contribution is 2.28. The van der Waals surface area contributed by atoms with Gasteiger partial charge >= 0.3 is 11.7 Å². The second-order valence-corrected chi connectivity index (χ2v) is 17.3. The van der Waals surface area contributed by atoms with Crippen molar-refractivity contribution in [3.63, 3.8) is 0 Å². The molecule has 1 saturated heterocycles. The predicted octanol–water partition coefficient (Wildman–Crippen LogP) is 5.73. The molecule has 1 aliphatic carbocycles. The molecule has 18 heteroatoms. The number of aromatic nitrogens is 5. The lowest BCUT2D eigenvalue weighted by atomic mass is 9.97. The lowest BCUT2D eigenvalue weighted by Crippen LogP contribution is -2.45. The number of halogens is 2. The number of aryl methyl sites for hydroxylation is 1. The Bertz CT molecular complexity index is 2900. The maximum atomic E-state index is 15.6. The molecular formula is C45H43F2N7O8S. The molecule has 2 N–H and O–H groups in total. The third-order valence-electron chi connectivity index (χ3n) is 11.4. The molecule has 0 bridgehead atoms. The van der Waals surface area contributed by atoms with E-state index in [9.17, 15) is 27.6 Å². The summed E-state index contributed by atoms with van der Waals surface area (Å²) in [5.41, 5.74) is -0.269. The summed E-state index contributed by atoms with van der Waals surface area (Å²) in [5, 5.41) is 2.76. The molecule has 326 valence electrons. The average molecular weight is 880 g/mol. The Morgan fingerprint density at radius 1 is 0.873 bits per heavy atom. The molecule has 15 nitrogen and oxygen atoms in total. The van der Waals surface area contributed by atoms with Crippen molar-refractivity contribution in [1.82, 2.24) is 29.4 Å². The van der Waals surface area contributed by atoms with Gasteiger partial charge in [-0.25, -0.2) is 41.3 Å². The fraction of sp³-hybridized carbons (Fsp3) is 0.311. The Kier molecular flexibility index (Phi) is 12.5. The van der Waals surface area contributed by atoms with Crippen LogP contribution in [0.5, 0.6) is 0 Å². The van der Waals surface area contributed by atoms with Crippen LogP contribution in [0.3, 0.4) is 0 Å². The molecule has 63 heavy (non-hydrogen) atoms. The number of nitrogens with zero attached hydrogens (tertiary/aromatic N) is 5. The first-order valence-electron chi connectivity index (χ1n) is 20.5. The highest BCUT2D eigenvalue weighted by Gasteiger charge is 2.29. The normalized spacial score (nSPS) is 15.5. The van der Waals surface area contributed by atoms with E-state index in [0.29, 0.717) is 60.4 Å². The molecule has 6 aromatic rings. The minimum Gasteiger partial charge on any atom is -0.461 e. The van der Waals surface area contributed by atoms with Crippen LogP contribution >= 0.6 is 0 Å². The van der Waals surface area contributed by atoms with Crippen LogP contribution in [0.4, 0.5) is 14.5 Å². The van der Waals surface area contributed by atoms with Crippen molar-refractivity contribution in [2.45, 2.75) is 74.3 Å². The zero-order chi connectivity index (χ0) is 44.3. The second kappa shape index (κ2) is 18.4. The number of hydrogen-bond acceptors (Lipinski definition) is 11. The molecule has 0 spiro atoms. The summed E-state index contributed by atoms with van der Waals surface area (Å²) in [6, 6.07) is 13.1. The van der Waals surface area contributed by atoms with Gasteiger partial charge in [0.25, 0.3) is 21.5 Å². The first kappa shape index (κ1) is 43.0. The van der Waals surface area contributed by atoms with E-state index in [2.05, 4.69) is 25.0 Å². The van der Waals surface area contributed by atoms with Crippen LogP contribution in [0.2, 0.25) is 0 Å². The summed E-state index contributed by atoms with van der Waals surface area (Å²) in [7, 11) is -2.90. The first-order chi connectivity index (χ1) is 30.4. The van der Waals surface area contributed by atoms with Gasteiger partial charge in [0.2, 0.25) is 0 Å². The molecule has 2 fully saturated rings. The predicted molar refractivity (Wildman–Crippen MR) is 228 cm³/mol. The molecule has 1 atom stereocenters. The molecule has 4 heterocycles. The van der Waals surface area contributed by atoms with Crippen LogP contribution in [-0.2, 0) is 37.8 Å². The second-order valence-electron chi connectivity index (χ2n) is 15.6. The number of hydrogen-bond donors (Lipinski definition) is 2. The molecule has 1 unspecified atom stereocenters. The monoisotopic (exact) mass is 879 g/mol. The topological polar surface area (TPSA) is 193 Å². The van der Waals surface area contributed by atoms with Gasteiger partial charge in [-0.05, 0) is 86.1 Å². The Morgan fingerprint density at radius 2 is 1.57 bits per heavy atom. The van der Waals surface area contributed by atoms with Crippen molar-refractivity contribution in [3.8, 4) is 16.8 Å². The van der Waals surface area contributed by atoms with E-state index in [1.165, 1.54) is 54.3 Å². The molecule has 2 aliphatic rings. The Balaban J connectivity index is 0.977. The smallest absolute Gasteiger partial charge is 0.335 e. The van der Waals surface area contributed by atoms with E-state index in [1.807, 2.05) is 0 Å². The number of fused-ring (bicyclic) bond motifs is 1. The van der Waals surface area contributed by atoms with Crippen molar-refractivity contribution in [2.75, 3.05) is 17.9 Å². The van der Waals surface area contributed by atoms with Crippen LogP contribution in [0.1, 0.15) is 72.6 Å². The molecule has 8 rings (SSSR count). The van der Waals surface area contributed by atoms with Gasteiger partial charge in [-0.15, -0.1) is 0 Å². The zero-order valence-corrected chi connectivity index (χ0v) is 34.9. The summed E-state index contributed by atoms with van der Waals surface area (Å²) >= 11 is 0. The van der Waals surface area contributed by atoms with Crippen LogP contribution in [-0.4, -0.2) is 69.7 Å². The molecule has 3 aromatic carbocycles. The molecule has 1 saturated carbocycles. The molecule has 1 amide bonds. The lowest BCUT2D eigenvalue weighted by molar-refractivity contribution is -0.152. The molecule has 1 aliphatic heterocycles. The van der Waals surface area contributed by atoms with E-state index in [4.69, 9.17) is 9.47 Å². The van der Waals surface area contributed by atoms with E-state index < -0.39 is 62.1 Å². The van der Waals surface area contributed by atoms with Crippen molar-refractivity contribution in [3.05, 3.63) is 141 Å². The van der Waals surface area contributed by atoms with Gasteiger partial charge in [0, 0.05) is 62.8 Å². The number of carbonyl (C=O) groups is 2. The maximum absolute atomic E-state index is 15.6. The lowest BCUT2D eigenvalue weighted by Gasteiger charge is -2.25. The average Bonchev–Trinajstić information content (AvgIpc) is 3.30. The Hall–Kier alpha value is -6.66. The van der Waals surface area contributed by atoms with E-state index in [1.54, 1.807) is 36.7 Å². The fourth-order valence-corrected chi connectivity index (χ4v) is 8.94. The largest absolute Gasteiger partial charge is 0.461 e. The maximum Gasteiger partial charge on any atom is 0.335 e. The number of nitrogens with one attached hydrogen (secondary N) is 2. The molecule has 3 aromatic heterocycles. The summed E-state index contributed by atoms with van der Waals surface area (Å²) < 4.78 is 73.3. The van der Waals surface area contributed by atoms with E-state index in [-0.39, 0.29) is 34.4 Å². The SMILES string of the molecule is Cn1c(=O)n(-c2ccc(CC(NC(=O)c3cc(F)c(NS(=O)(=O)c4ccc(-c5cnc(C6CCOCC6)nc5)cc4)cc3F)C(=O)OC3CCCCC3)cc2)c(=O)c2ccncc21. The van der Waals surface area contributed by atoms with Crippen LogP contribution in [0.15, 0.2) is 106 Å². The van der Waals surface area contributed by atoms with Crippen LogP contribution < -0.4 is 21.3 Å². The standard InChI is InChI=1S/C45H43F2N7O8S/c1-53-40-26-48-18-15-34(40)43(56)54(45(53)58)31-11-7-27(8-12-31)21-39(44(57)62-32-5-3-2-4-6-32)51-42(55)35-22-37(47)38(23-36(35)46)52-63(59,60)33-13-9-28(10-14-33)30-24-49-41(50-25-30)29-16-19-61-20-17-29/h7-15,18,22-26,29,32,39,52H,2-6,16-17,19-21H2,1H3,(H,51,55). The van der Waals surface area contributed by atoms with Gasteiger partial charge in [-0.2, -0.15) is 0 Å². The van der Waals surface area contributed by atoms with Gasteiger partial charge in [0.1, 0.15) is 29.6 Å². The van der Waals surface area contributed by atoms with Gasteiger partial charge < -0.3 is 14.8 Å². The van der Waals surface area contributed by atoms with Gasteiger partial charge in [0.15, 0.2) is 0 Å². The zero-order valence-electron chi connectivity index (χ0n) is 34.1. The minimum atomic E-state index is -4.42.